The Kier molecular flexibility index (Phi) is 2.53. The third-order valence-electron chi connectivity index (χ3n) is 2.04. The SMILES string of the molecule is Oc1cccc(CNC2=NCCN2)c1. The molecule has 1 heterocycles. The second kappa shape index (κ2) is 4.00. The highest BCUT2D eigenvalue weighted by atomic mass is 16.3. The third kappa shape index (κ3) is 2.16. The average molecular weight is 191 g/mol. The van der Waals surface area contributed by atoms with Crippen LogP contribution in [0.25, 0.3) is 0 Å². The molecule has 0 spiro atoms. The lowest BCUT2D eigenvalue weighted by Gasteiger charge is -2.06. The van der Waals surface area contributed by atoms with Crippen LogP contribution in [0.5, 0.6) is 5.75 Å². The number of aliphatic imine (C=N–C) groups is 1. The summed E-state index contributed by atoms with van der Waals surface area (Å²) >= 11 is 0. The molecule has 14 heavy (non-hydrogen) atoms. The maximum absolute atomic E-state index is 9.23. The van der Waals surface area contributed by atoms with Gasteiger partial charge in [-0.05, 0) is 17.7 Å². The smallest absolute Gasteiger partial charge is 0.191 e. The second-order valence-electron chi connectivity index (χ2n) is 3.18. The molecule has 4 nitrogen and oxygen atoms in total. The Morgan fingerprint density at radius 2 is 2.43 bits per heavy atom. The highest BCUT2D eigenvalue weighted by Crippen LogP contribution is 2.10. The van der Waals surface area contributed by atoms with Gasteiger partial charge in [0.05, 0.1) is 6.54 Å². The quantitative estimate of drug-likeness (QED) is 0.636. The molecule has 1 aromatic carbocycles. The van der Waals surface area contributed by atoms with Crippen LogP contribution in [-0.4, -0.2) is 24.2 Å². The molecular formula is C10H13N3O. The monoisotopic (exact) mass is 191 g/mol. The maximum Gasteiger partial charge on any atom is 0.191 e. The van der Waals surface area contributed by atoms with E-state index >= 15 is 0 Å². The van der Waals surface area contributed by atoms with E-state index in [2.05, 4.69) is 15.6 Å². The number of hydrogen-bond acceptors (Lipinski definition) is 4. The van der Waals surface area contributed by atoms with Crippen molar-refractivity contribution in [1.29, 1.82) is 0 Å². The Morgan fingerprint density at radius 3 is 3.14 bits per heavy atom. The molecule has 3 N–H and O–H groups in total. The van der Waals surface area contributed by atoms with E-state index in [4.69, 9.17) is 0 Å². The predicted octanol–water partition coefficient (Wildman–Crippen LogP) is 0.441. The second-order valence-corrected chi connectivity index (χ2v) is 3.18. The van der Waals surface area contributed by atoms with Gasteiger partial charge >= 0.3 is 0 Å². The van der Waals surface area contributed by atoms with Crippen LogP contribution in [0.4, 0.5) is 0 Å². The van der Waals surface area contributed by atoms with Gasteiger partial charge in [-0.15, -0.1) is 0 Å². The Hall–Kier alpha value is -1.71. The van der Waals surface area contributed by atoms with E-state index < -0.39 is 0 Å². The van der Waals surface area contributed by atoms with E-state index in [9.17, 15) is 5.11 Å². The van der Waals surface area contributed by atoms with Crippen molar-refractivity contribution >= 4 is 5.96 Å². The molecule has 0 amide bonds. The number of aromatic hydroxyl groups is 1. The highest BCUT2D eigenvalue weighted by molar-refractivity contribution is 5.81. The van der Waals surface area contributed by atoms with Crippen molar-refractivity contribution in [3.8, 4) is 5.75 Å². The van der Waals surface area contributed by atoms with Crippen LogP contribution in [0.1, 0.15) is 5.56 Å². The first-order valence-corrected chi connectivity index (χ1v) is 4.65. The zero-order valence-corrected chi connectivity index (χ0v) is 7.83. The molecule has 0 radical (unpaired) electrons. The van der Waals surface area contributed by atoms with Crippen LogP contribution in [0.15, 0.2) is 29.3 Å². The van der Waals surface area contributed by atoms with Crippen LogP contribution < -0.4 is 10.6 Å². The molecule has 1 aliphatic rings. The summed E-state index contributed by atoms with van der Waals surface area (Å²) in [6.45, 7) is 2.42. The molecule has 0 saturated carbocycles. The van der Waals surface area contributed by atoms with Gasteiger partial charge in [-0.3, -0.25) is 4.99 Å². The molecule has 1 aromatic rings. The standard InChI is InChI=1S/C10H13N3O/c14-9-3-1-2-8(6-9)7-13-10-11-4-5-12-10/h1-3,6,14H,4-5,7H2,(H2,11,12,13). The van der Waals surface area contributed by atoms with Gasteiger partial charge in [0.2, 0.25) is 0 Å². The fraction of sp³-hybridized carbons (Fsp3) is 0.300. The normalized spacial score (nSPS) is 14.7. The van der Waals surface area contributed by atoms with Gasteiger partial charge in [0.1, 0.15) is 5.75 Å². The fourth-order valence-corrected chi connectivity index (χ4v) is 1.37. The molecule has 0 bridgehead atoms. The number of nitrogens with zero attached hydrogens (tertiary/aromatic N) is 1. The first-order chi connectivity index (χ1) is 6.84. The molecule has 2 rings (SSSR count). The summed E-state index contributed by atoms with van der Waals surface area (Å²) in [4.78, 5) is 4.21. The van der Waals surface area contributed by atoms with Gasteiger partial charge in [0.15, 0.2) is 5.96 Å². The van der Waals surface area contributed by atoms with E-state index in [0.29, 0.717) is 12.3 Å². The number of rotatable bonds is 2. The summed E-state index contributed by atoms with van der Waals surface area (Å²) in [5.74, 6) is 1.14. The van der Waals surface area contributed by atoms with Crippen molar-refractivity contribution in [2.24, 2.45) is 4.99 Å². The zero-order chi connectivity index (χ0) is 9.80. The van der Waals surface area contributed by atoms with Crippen LogP contribution in [0, 0.1) is 0 Å². The summed E-state index contributed by atoms with van der Waals surface area (Å²) in [5.41, 5.74) is 1.04. The lowest BCUT2D eigenvalue weighted by molar-refractivity contribution is 0.474. The van der Waals surface area contributed by atoms with Crippen molar-refractivity contribution in [2.45, 2.75) is 6.54 Å². The summed E-state index contributed by atoms with van der Waals surface area (Å²) in [7, 11) is 0. The van der Waals surface area contributed by atoms with E-state index in [-0.39, 0.29) is 0 Å². The summed E-state index contributed by atoms with van der Waals surface area (Å²) in [6.07, 6.45) is 0. The van der Waals surface area contributed by atoms with Crippen molar-refractivity contribution in [3.05, 3.63) is 29.8 Å². The summed E-state index contributed by atoms with van der Waals surface area (Å²) in [6, 6.07) is 7.19. The van der Waals surface area contributed by atoms with Crippen molar-refractivity contribution in [1.82, 2.24) is 10.6 Å². The molecule has 0 aromatic heterocycles. The summed E-state index contributed by atoms with van der Waals surface area (Å²) < 4.78 is 0. The first kappa shape index (κ1) is 8.87. The number of nitrogens with one attached hydrogen (secondary N) is 2. The van der Waals surface area contributed by atoms with Crippen LogP contribution in [-0.2, 0) is 6.54 Å². The fourth-order valence-electron chi connectivity index (χ4n) is 1.37. The number of guanidine groups is 1. The van der Waals surface area contributed by atoms with Crippen molar-refractivity contribution < 1.29 is 5.11 Å². The Morgan fingerprint density at radius 1 is 1.50 bits per heavy atom. The number of benzene rings is 1. The molecule has 0 aliphatic carbocycles. The average Bonchev–Trinajstić information content (AvgIpc) is 2.67. The van der Waals surface area contributed by atoms with Gasteiger partial charge in [-0.25, -0.2) is 0 Å². The predicted molar refractivity (Wildman–Crippen MR) is 55.3 cm³/mol. The van der Waals surface area contributed by atoms with E-state index in [1.165, 1.54) is 0 Å². The number of phenols is 1. The minimum atomic E-state index is 0.297. The maximum atomic E-state index is 9.23. The molecule has 0 fully saturated rings. The minimum Gasteiger partial charge on any atom is -0.508 e. The van der Waals surface area contributed by atoms with Crippen LogP contribution in [0.3, 0.4) is 0 Å². The first-order valence-electron chi connectivity index (χ1n) is 4.65. The topological polar surface area (TPSA) is 56.6 Å². The van der Waals surface area contributed by atoms with E-state index in [0.717, 1.165) is 24.6 Å². The van der Waals surface area contributed by atoms with Gasteiger partial charge in [0.25, 0.3) is 0 Å². The minimum absolute atomic E-state index is 0.297. The Labute approximate surface area is 82.7 Å². The molecule has 1 aliphatic heterocycles. The molecule has 74 valence electrons. The summed E-state index contributed by atoms with van der Waals surface area (Å²) in [5, 5.41) is 15.5. The van der Waals surface area contributed by atoms with Gasteiger partial charge < -0.3 is 15.7 Å². The zero-order valence-electron chi connectivity index (χ0n) is 7.83. The lowest BCUT2D eigenvalue weighted by atomic mass is 10.2. The van der Waals surface area contributed by atoms with Gasteiger partial charge in [-0.2, -0.15) is 0 Å². The Bertz CT molecular complexity index is 349. The van der Waals surface area contributed by atoms with Crippen molar-refractivity contribution in [2.75, 3.05) is 13.1 Å². The van der Waals surface area contributed by atoms with E-state index in [1.54, 1.807) is 12.1 Å². The number of hydrogen-bond donors (Lipinski definition) is 3. The third-order valence-corrected chi connectivity index (χ3v) is 2.04. The highest BCUT2D eigenvalue weighted by Gasteiger charge is 2.03. The van der Waals surface area contributed by atoms with E-state index in [1.807, 2.05) is 12.1 Å². The lowest BCUT2D eigenvalue weighted by Crippen LogP contribution is -2.33. The molecule has 0 saturated heterocycles. The largest absolute Gasteiger partial charge is 0.508 e. The molecule has 0 unspecified atom stereocenters. The Balaban J connectivity index is 1.91. The van der Waals surface area contributed by atoms with Gasteiger partial charge in [0, 0.05) is 13.1 Å². The molecular weight excluding hydrogens is 178 g/mol. The van der Waals surface area contributed by atoms with Crippen LogP contribution in [0.2, 0.25) is 0 Å². The van der Waals surface area contributed by atoms with Crippen molar-refractivity contribution in [3.63, 3.8) is 0 Å². The molecule has 0 atom stereocenters. The van der Waals surface area contributed by atoms with Gasteiger partial charge in [-0.1, -0.05) is 12.1 Å². The van der Waals surface area contributed by atoms with Crippen LogP contribution >= 0.6 is 0 Å². The number of phenolic OH excluding ortho intramolecular Hbond substituents is 1. The molecule has 4 heteroatoms.